The average Bonchev–Trinajstić information content (AvgIpc) is 3.25. The number of hydrogen-bond donors (Lipinski definition) is 2. The maximum Gasteiger partial charge on any atom is 0.230 e. The van der Waals surface area contributed by atoms with Crippen LogP contribution in [0.4, 0.5) is 5.82 Å². The zero-order chi connectivity index (χ0) is 20.1. The van der Waals surface area contributed by atoms with Crippen LogP contribution in [0.5, 0.6) is 0 Å². The van der Waals surface area contributed by atoms with Gasteiger partial charge in [-0.15, -0.1) is 11.8 Å². The summed E-state index contributed by atoms with van der Waals surface area (Å²) in [6.45, 7) is 0.285. The third kappa shape index (κ3) is 5.36. The van der Waals surface area contributed by atoms with Crippen LogP contribution in [0.3, 0.4) is 0 Å². The van der Waals surface area contributed by atoms with Crippen LogP contribution in [0.1, 0.15) is 31.5 Å². The van der Waals surface area contributed by atoms with Crippen LogP contribution in [0.2, 0.25) is 5.02 Å². The number of anilines is 1. The van der Waals surface area contributed by atoms with Crippen molar-refractivity contribution in [1.29, 1.82) is 0 Å². The number of nitrogens with one attached hydrogen (secondary N) is 2. The third-order valence-electron chi connectivity index (χ3n) is 4.86. The minimum Gasteiger partial charge on any atom is -0.367 e. The highest BCUT2D eigenvalue weighted by Gasteiger charge is 2.17. The molecule has 2 N–H and O–H groups in total. The Bertz CT molecular complexity index is 995. The quantitative estimate of drug-likeness (QED) is 0.542. The topological polar surface area (TPSA) is 79.8 Å². The van der Waals surface area contributed by atoms with Crippen LogP contribution >= 0.6 is 23.4 Å². The molecule has 2 aromatic heterocycles. The number of thioether (sulfide) groups is 1. The van der Waals surface area contributed by atoms with E-state index in [9.17, 15) is 4.79 Å². The molecule has 0 atom stereocenters. The maximum atomic E-state index is 12.2. The van der Waals surface area contributed by atoms with Crippen LogP contribution in [0, 0.1) is 0 Å². The highest BCUT2D eigenvalue weighted by molar-refractivity contribution is 8.00. The van der Waals surface area contributed by atoms with Gasteiger partial charge in [0.1, 0.15) is 5.82 Å². The minimum absolute atomic E-state index is 0.0584. The molecule has 2 heterocycles. The summed E-state index contributed by atoms with van der Waals surface area (Å²) in [6.07, 6.45) is 8.19. The second kappa shape index (κ2) is 9.41. The average molecular weight is 428 g/mol. The summed E-state index contributed by atoms with van der Waals surface area (Å²) in [5.41, 5.74) is 0.820. The molecule has 1 aliphatic rings. The highest BCUT2D eigenvalue weighted by Crippen LogP contribution is 2.28. The Morgan fingerprint density at radius 1 is 1.14 bits per heavy atom. The summed E-state index contributed by atoms with van der Waals surface area (Å²) < 4.78 is 0. The van der Waals surface area contributed by atoms with Gasteiger partial charge in [-0.2, -0.15) is 0 Å². The lowest BCUT2D eigenvalue weighted by Crippen LogP contribution is -2.26. The fraction of sp³-hybridized carbons (Fsp3) is 0.333. The van der Waals surface area contributed by atoms with Crippen molar-refractivity contribution in [3.63, 3.8) is 0 Å². The van der Waals surface area contributed by atoms with E-state index in [4.69, 9.17) is 11.6 Å². The summed E-state index contributed by atoms with van der Waals surface area (Å²) in [5, 5.41) is 8.03. The number of rotatable bonds is 7. The molecule has 0 radical (unpaired) electrons. The number of halogens is 1. The Morgan fingerprint density at radius 2 is 1.93 bits per heavy atom. The molecular weight excluding hydrogens is 406 g/mol. The molecule has 4 rings (SSSR count). The van der Waals surface area contributed by atoms with Crippen LogP contribution < -0.4 is 10.6 Å². The van der Waals surface area contributed by atoms with Crippen LogP contribution in [0.15, 0.2) is 47.6 Å². The predicted molar refractivity (Wildman–Crippen MR) is 117 cm³/mol. The molecule has 1 fully saturated rings. The van der Waals surface area contributed by atoms with E-state index in [2.05, 4.69) is 25.6 Å². The number of amides is 1. The van der Waals surface area contributed by atoms with E-state index in [0.717, 1.165) is 34.5 Å². The van der Waals surface area contributed by atoms with Gasteiger partial charge in [0, 0.05) is 33.7 Å². The van der Waals surface area contributed by atoms with Crippen molar-refractivity contribution in [3.8, 4) is 0 Å². The Balaban J connectivity index is 1.45. The molecule has 1 amide bonds. The van der Waals surface area contributed by atoms with Crippen molar-refractivity contribution in [2.24, 2.45) is 0 Å². The number of carbonyl (C=O) groups excluding carboxylic acids is 1. The molecule has 6 nitrogen and oxygen atoms in total. The van der Waals surface area contributed by atoms with Gasteiger partial charge in [-0.1, -0.05) is 24.4 Å². The largest absolute Gasteiger partial charge is 0.367 e. The number of aromatic nitrogens is 3. The molecule has 1 aromatic carbocycles. The Hall–Kier alpha value is -2.38. The second-order valence-electron chi connectivity index (χ2n) is 7.02. The second-order valence-corrected chi connectivity index (χ2v) is 8.51. The fourth-order valence-corrected chi connectivity index (χ4v) is 4.30. The van der Waals surface area contributed by atoms with E-state index in [1.807, 2.05) is 30.3 Å². The molecule has 1 saturated carbocycles. The smallest absolute Gasteiger partial charge is 0.230 e. The van der Waals surface area contributed by atoms with Crippen molar-refractivity contribution in [2.45, 2.75) is 43.2 Å². The number of pyridine rings is 1. The van der Waals surface area contributed by atoms with E-state index in [0.29, 0.717) is 22.6 Å². The summed E-state index contributed by atoms with van der Waals surface area (Å²) in [5.74, 6) is 1.65. The molecule has 8 heteroatoms. The summed E-state index contributed by atoms with van der Waals surface area (Å²) in [4.78, 5) is 26.5. The van der Waals surface area contributed by atoms with Gasteiger partial charge in [0.25, 0.3) is 0 Å². The van der Waals surface area contributed by atoms with E-state index in [-0.39, 0.29) is 12.5 Å². The lowest BCUT2D eigenvalue weighted by atomic mass is 10.2. The van der Waals surface area contributed by atoms with Gasteiger partial charge in [-0.05, 0) is 43.2 Å². The number of nitrogens with zero attached hydrogens (tertiary/aromatic N) is 3. The fourth-order valence-electron chi connectivity index (χ4n) is 3.41. The first-order chi connectivity index (χ1) is 14.2. The minimum atomic E-state index is -0.0584. The van der Waals surface area contributed by atoms with Crippen molar-refractivity contribution in [1.82, 2.24) is 20.3 Å². The number of benzene rings is 1. The van der Waals surface area contributed by atoms with E-state index in [1.165, 1.54) is 24.6 Å². The molecule has 0 spiro atoms. The maximum absolute atomic E-state index is 12.2. The van der Waals surface area contributed by atoms with Crippen LogP contribution in [-0.4, -0.2) is 32.7 Å². The van der Waals surface area contributed by atoms with Gasteiger partial charge in [-0.25, -0.2) is 9.97 Å². The lowest BCUT2D eigenvalue weighted by Gasteiger charge is -2.16. The van der Waals surface area contributed by atoms with Crippen molar-refractivity contribution in [2.75, 3.05) is 11.1 Å². The molecule has 1 aliphatic carbocycles. The van der Waals surface area contributed by atoms with Crippen molar-refractivity contribution in [3.05, 3.63) is 53.6 Å². The van der Waals surface area contributed by atoms with Gasteiger partial charge >= 0.3 is 0 Å². The van der Waals surface area contributed by atoms with Crippen LogP contribution in [0.25, 0.3) is 10.9 Å². The number of carbonyl (C=O) groups is 1. The third-order valence-corrected chi connectivity index (χ3v) is 6.11. The van der Waals surface area contributed by atoms with E-state index >= 15 is 0 Å². The zero-order valence-electron chi connectivity index (χ0n) is 15.9. The van der Waals surface area contributed by atoms with Crippen molar-refractivity contribution >= 4 is 46.0 Å². The molecule has 0 aliphatic heterocycles. The first-order valence-corrected chi connectivity index (χ1v) is 11.1. The molecule has 0 unspecified atom stereocenters. The molecule has 0 bridgehead atoms. The highest BCUT2D eigenvalue weighted by atomic mass is 35.5. The Morgan fingerprint density at radius 3 is 2.72 bits per heavy atom. The first-order valence-electron chi connectivity index (χ1n) is 9.69. The number of fused-ring (bicyclic) bond motifs is 1. The standard InChI is InChI=1S/C21H22ClN5OS/c22-14-5-6-18-17(11-14)21(25-15-3-1-2-4-15)27-19(26-18)12-24-20(28)13-29-16-7-9-23-10-8-16/h5-11,15H,1-4,12-13H2,(H,24,28)(H,25,26,27). The zero-order valence-corrected chi connectivity index (χ0v) is 17.5. The van der Waals surface area contributed by atoms with Gasteiger partial charge in [0.2, 0.25) is 5.91 Å². The molecule has 150 valence electrons. The number of hydrogen-bond acceptors (Lipinski definition) is 6. The lowest BCUT2D eigenvalue weighted by molar-refractivity contribution is -0.118. The SMILES string of the molecule is O=C(CSc1ccncc1)NCc1nc(NC2CCCC2)c2cc(Cl)ccc2n1. The molecule has 0 saturated heterocycles. The Kier molecular flexibility index (Phi) is 6.46. The Labute approximate surface area is 178 Å². The monoisotopic (exact) mass is 427 g/mol. The van der Waals surface area contributed by atoms with E-state index < -0.39 is 0 Å². The normalized spacial score (nSPS) is 14.2. The summed E-state index contributed by atoms with van der Waals surface area (Å²) in [7, 11) is 0. The predicted octanol–water partition coefficient (Wildman–Crippen LogP) is 4.44. The summed E-state index contributed by atoms with van der Waals surface area (Å²) >= 11 is 7.66. The molecule has 29 heavy (non-hydrogen) atoms. The van der Waals surface area contributed by atoms with Gasteiger partial charge in [-0.3, -0.25) is 9.78 Å². The van der Waals surface area contributed by atoms with Crippen molar-refractivity contribution < 1.29 is 4.79 Å². The van der Waals surface area contributed by atoms with E-state index in [1.54, 1.807) is 12.4 Å². The van der Waals surface area contributed by atoms with Crippen LogP contribution in [-0.2, 0) is 11.3 Å². The van der Waals surface area contributed by atoms with Gasteiger partial charge < -0.3 is 10.6 Å². The molecular formula is C21H22ClN5OS. The first kappa shape index (κ1) is 19.9. The summed E-state index contributed by atoms with van der Waals surface area (Å²) in [6, 6.07) is 9.80. The van der Waals surface area contributed by atoms with Gasteiger partial charge in [0.15, 0.2) is 5.82 Å². The molecule has 3 aromatic rings. The van der Waals surface area contributed by atoms with Gasteiger partial charge in [0.05, 0.1) is 17.8 Å².